The Morgan fingerprint density at radius 3 is 2.40 bits per heavy atom. The van der Waals surface area contributed by atoms with E-state index in [-0.39, 0.29) is 24.1 Å². The van der Waals surface area contributed by atoms with Crippen molar-refractivity contribution in [3.05, 3.63) is 34.9 Å². The standard InChI is InChI=1S/C18H24ClN3O3/c1-14(23)21-9-11-22(12-10-21)18(25)7-8-20-17(24)6-5-15-3-2-4-16(19)13-15/h2-4,13H,5-12H2,1H3,(H,20,24). The molecule has 0 atom stereocenters. The number of hydrogen-bond acceptors (Lipinski definition) is 3. The van der Waals surface area contributed by atoms with E-state index < -0.39 is 0 Å². The van der Waals surface area contributed by atoms with Crippen LogP contribution in [0.4, 0.5) is 0 Å². The first-order chi connectivity index (χ1) is 12.0. The molecule has 1 aromatic carbocycles. The van der Waals surface area contributed by atoms with Crippen LogP contribution in [-0.4, -0.2) is 60.2 Å². The van der Waals surface area contributed by atoms with Crippen LogP contribution in [0.3, 0.4) is 0 Å². The second-order valence-corrected chi connectivity index (χ2v) is 6.55. The lowest BCUT2D eigenvalue weighted by Crippen LogP contribution is -2.50. The SMILES string of the molecule is CC(=O)N1CCN(C(=O)CCNC(=O)CCc2cccc(Cl)c2)CC1. The lowest BCUT2D eigenvalue weighted by atomic mass is 10.1. The Kier molecular flexibility index (Phi) is 7.25. The summed E-state index contributed by atoms with van der Waals surface area (Å²) in [6.07, 6.45) is 1.27. The van der Waals surface area contributed by atoms with Gasteiger partial charge in [0.25, 0.3) is 0 Å². The fourth-order valence-corrected chi connectivity index (χ4v) is 2.99. The highest BCUT2D eigenvalue weighted by molar-refractivity contribution is 6.30. The Labute approximate surface area is 153 Å². The number of hydrogen-bond donors (Lipinski definition) is 1. The number of amides is 3. The smallest absolute Gasteiger partial charge is 0.224 e. The summed E-state index contributed by atoms with van der Waals surface area (Å²) in [5, 5.41) is 3.44. The topological polar surface area (TPSA) is 69.7 Å². The highest BCUT2D eigenvalue weighted by Crippen LogP contribution is 2.12. The minimum Gasteiger partial charge on any atom is -0.356 e. The van der Waals surface area contributed by atoms with E-state index in [0.717, 1.165) is 5.56 Å². The van der Waals surface area contributed by atoms with Crippen molar-refractivity contribution in [3.8, 4) is 0 Å². The number of halogens is 1. The number of nitrogens with one attached hydrogen (secondary N) is 1. The van der Waals surface area contributed by atoms with Gasteiger partial charge in [0.1, 0.15) is 0 Å². The Bertz CT molecular complexity index is 628. The van der Waals surface area contributed by atoms with Crippen molar-refractivity contribution in [1.29, 1.82) is 0 Å². The quantitative estimate of drug-likeness (QED) is 0.830. The maximum absolute atomic E-state index is 12.1. The molecule has 1 saturated heterocycles. The molecule has 0 aromatic heterocycles. The molecule has 1 aromatic rings. The predicted molar refractivity (Wildman–Crippen MR) is 96.2 cm³/mol. The second-order valence-electron chi connectivity index (χ2n) is 6.12. The Balaban J connectivity index is 1.62. The highest BCUT2D eigenvalue weighted by Gasteiger charge is 2.21. The fraction of sp³-hybridized carbons (Fsp3) is 0.500. The van der Waals surface area contributed by atoms with Crippen molar-refractivity contribution in [3.63, 3.8) is 0 Å². The van der Waals surface area contributed by atoms with Crippen molar-refractivity contribution < 1.29 is 14.4 Å². The zero-order chi connectivity index (χ0) is 18.2. The number of aryl methyl sites for hydroxylation is 1. The molecule has 7 heteroatoms. The van der Waals surface area contributed by atoms with Gasteiger partial charge in [-0.05, 0) is 24.1 Å². The van der Waals surface area contributed by atoms with E-state index in [1.54, 1.807) is 15.9 Å². The van der Waals surface area contributed by atoms with Crippen LogP contribution < -0.4 is 5.32 Å². The van der Waals surface area contributed by atoms with Gasteiger partial charge < -0.3 is 15.1 Å². The van der Waals surface area contributed by atoms with Crippen molar-refractivity contribution in [2.24, 2.45) is 0 Å². The number of rotatable bonds is 6. The highest BCUT2D eigenvalue weighted by atomic mass is 35.5. The van der Waals surface area contributed by atoms with Crippen LogP contribution in [0.25, 0.3) is 0 Å². The van der Waals surface area contributed by atoms with Gasteiger partial charge in [-0.1, -0.05) is 23.7 Å². The molecule has 0 bridgehead atoms. The van der Waals surface area contributed by atoms with Gasteiger partial charge in [-0.15, -0.1) is 0 Å². The molecule has 1 N–H and O–H groups in total. The Morgan fingerprint density at radius 2 is 1.76 bits per heavy atom. The summed E-state index contributed by atoms with van der Waals surface area (Å²) in [5.74, 6) is -0.0217. The molecular weight excluding hydrogens is 342 g/mol. The number of carbonyl (C=O) groups is 3. The molecule has 3 amide bonds. The van der Waals surface area contributed by atoms with Gasteiger partial charge in [0, 0.05) is 57.5 Å². The van der Waals surface area contributed by atoms with E-state index in [1.165, 1.54) is 6.92 Å². The normalized spacial score (nSPS) is 14.3. The van der Waals surface area contributed by atoms with E-state index in [1.807, 2.05) is 18.2 Å². The van der Waals surface area contributed by atoms with Crippen LogP contribution in [0.2, 0.25) is 5.02 Å². The minimum atomic E-state index is -0.0748. The molecule has 136 valence electrons. The zero-order valence-electron chi connectivity index (χ0n) is 14.5. The van der Waals surface area contributed by atoms with E-state index >= 15 is 0 Å². The van der Waals surface area contributed by atoms with Gasteiger partial charge >= 0.3 is 0 Å². The van der Waals surface area contributed by atoms with E-state index in [4.69, 9.17) is 11.6 Å². The number of nitrogens with zero attached hydrogens (tertiary/aromatic N) is 2. The second kappa shape index (κ2) is 9.42. The minimum absolute atomic E-state index is 0.0124. The molecule has 1 heterocycles. The third-order valence-electron chi connectivity index (χ3n) is 4.27. The third kappa shape index (κ3) is 6.38. The summed E-state index contributed by atoms with van der Waals surface area (Å²) in [5.41, 5.74) is 1.02. The molecule has 2 rings (SSSR count). The van der Waals surface area contributed by atoms with Crippen LogP contribution in [-0.2, 0) is 20.8 Å². The van der Waals surface area contributed by atoms with Crippen molar-refractivity contribution in [1.82, 2.24) is 15.1 Å². The van der Waals surface area contributed by atoms with Crippen LogP contribution >= 0.6 is 11.6 Å². The monoisotopic (exact) mass is 365 g/mol. The summed E-state index contributed by atoms with van der Waals surface area (Å²) in [6, 6.07) is 7.44. The average molecular weight is 366 g/mol. The third-order valence-corrected chi connectivity index (χ3v) is 4.50. The maximum Gasteiger partial charge on any atom is 0.224 e. The van der Waals surface area contributed by atoms with Crippen molar-refractivity contribution >= 4 is 29.3 Å². The van der Waals surface area contributed by atoms with E-state index in [9.17, 15) is 14.4 Å². The molecule has 0 spiro atoms. The molecular formula is C18H24ClN3O3. The largest absolute Gasteiger partial charge is 0.356 e. The molecule has 0 unspecified atom stereocenters. The van der Waals surface area contributed by atoms with Gasteiger partial charge in [-0.2, -0.15) is 0 Å². The molecule has 1 aliphatic rings. The molecule has 0 aliphatic carbocycles. The molecule has 6 nitrogen and oxygen atoms in total. The van der Waals surface area contributed by atoms with Crippen LogP contribution in [0.5, 0.6) is 0 Å². The first-order valence-corrected chi connectivity index (χ1v) is 8.88. The van der Waals surface area contributed by atoms with Gasteiger partial charge in [0.05, 0.1) is 0 Å². The lowest BCUT2D eigenvalue weighted by molar-refractivity contribution is -0.138. The van der Waals surface area contributed by atoms with E-state index in [0.29, 0.717) is 50.6 Å². The summed E-state index contributed by atoms with van der Waals surface area (Å²) in [4.78, 5) is 38.8. The Hall–Kier alpha value is -2.08. The van der Waals surface area contributed by atoms with Gasteiger partial charge in [-0.25, -0.2) is 0 Å². The predicted octanol–water partition coefficient (Wildman–Crippen LogP) is 1.47. The fourth-order valence-electron chi connectivity index (χ4n) is 2.78. The first kappa shape index (κ1) is 19.2. The summed E-state index contributed by atoms with van der Waals surface area (Å²) >= 11 is 5.91. The van der Waals surface area contributed by atoms with Gasteiger partial charge in [-0.3, -0.25) is 14.4 Å². The summed E-state index contributed by atoms with van der Waals surface area (Å²) < 4.78 is 0. The van der Waals surface area contributed by atoms with Crippen molar-refractivity contribution in [2.75, 3.05) is 32.7 Å². The molecule has 0 radical (unpaired) electrons. The van der Waals surface area contributed by atoms with Crippen LogP contribution in [0.15, 0.2) is 24.3 Å². The maximum atomic E-state index is 12.1. The average Bonchev–Trinajstić information content (AvgIpc) is 2.60. The van der Waals surface area contributed by atoms with Gasteiger partial charge in [0.2, 0.25) is 17.7 Å². The number of piperazine rings is 1. The molecule has 1 aliphatic heterocycles. The van der Waals surface area contributed by atoms with Crippen LogP contribution in [0, 0.1) is 0 Å². The first-order valence-electron chi connectivity index (χ1n) is 8.50. The summed E-state index contributed by atoms with van der Waals surface area (Å²) in [7, 11) is 0. The van der Waals surface area contributed by atoms with E-state index in [2.05, 4.69) is 5.32 Å². The Morgan fingerprint density at radius 1 is 1.08 bits per heavy atom. The number of carbonyl (C=O) groups excluding carboxylic acids is 3. The summed E-state index contributed by atoms with van der Waals surface area (Å²) in [6.45, 7) is 4.14. The number of benzene rings is 1. The molecule has 1 fully saturated rings. The van der Waals surface area contributed by atoms with Crippen molar-refractivity contribution in [2.45, 2.75) is 26.2 Å². The lowest BCUT2D eigenvalue weighted by Gasteiger charge is -2.34. The molecule has 0 saturated carbocycles. The van der Waals surface area contributed by atoms with Crippen LogP contribution in [0.1, 0.15) is 25.3 Å². The molecule has 25 heavy (non-hydrogen) atoms. The van der Waals surface area contributed by atoms with Gasteiger partial charge in [0.15, 0.2) is 0 Å². The zero-order valence-corrected chi connectivity index (χ0v) is 15.2.